The lowest BCUT2D eigenvalue weighted by atomic mass is 10.1. The van der Waals surface area contributed by atoms with Gasteiger partial charge >= 0.3 is 5.97 Å². The third-order valence-corrected chi connectivity index (χ3v) is 5.24. The summed E-state index contributed by atoms with van der Waals surface area (Å²) in [5, 5.41) is 2.68. The fourth-order valence-corrected chi connectivity index (χ4v) is 3.58. The molecule has 0 bridgehead atoms. The second-order valence-corrected chi connectivity index (χ2v) is 7.28. The molecule has 2 aliphatic rings. The minimum absolute atomic E-state index is 0.297. The number of carbonyl (C=O) groups excluding carboxylic acids is 3. The zero-order chi connectivity index (χ0) is 21.8. The van der Waals surface area contributed by atoms with E-state index in [1.807, 2.05) is 4.90 Å². The number of nitrogens with zero attached hydrogens (tertiary/aromatic N) is 2. The smallest absolute Gasteiger partial charge is 0.310 e. The number of ether oxygens (including phenoxy) is 2. The highest BCUT2D eigenvalue weighted by Crippen LogP contribution is 2.29. The molecule has 31 heavy (non-hydrogen) atoms. The number of halogens is 1. The van der Waals surface area contributed by atoms with Gasteiger partial charge in [0.05, 0.1) is 17.8 Å². The van der Waals surface area contributed by atoms with E-state index < -0.39 is 24.6 Å². The van der Waals surface area contributed by atoms with Crippen LogP contribution in [-0.2, 0) is 19.1 Å². The molecule has 2 heterocycles. The van der Waals surface area contributed by atoms with Gasteiger partial charge in [-0.2, -0.15) is 0 Å². The molecular weight excluding hydrogens is 405 g/mol. The first-order chi connectivity index (χ1) is 15.0. The predicted octanol–water partition coefficient (Wildman–Crippen LogP) is 1.81. The highest BCUT2D eigenvalue weighted by molar-refractivity contribution is 5.99. The Kier molecular flexibility index (Phi) is 6.01. The Morgan fingerprint density at radius 1 is 1.06 bits per heavy atom. The van der Waals surface area contributed by atoms with Gasteiger partial charge in [-0.25, -0.2) is 4.39 Å². The molecule has 4 rings (SSSR count). The van der Waals surface area contributed by atoms with Crippen LogP contribution in [0.5, 0.6) is 5.75 Å². The first-order valence-corrected chi connectivity index (χ1v) is 10.0. The van der Waals surface area contributed by atoms with E-state index in [1.165, 1.54) is 6.07 Å². The number of para-hydroxylation sites is 3. The summed E-state index contributed by atoms with van der Waals surface area (Å²) in [7, 11) is 0. The van der Waals surface area contributed by atoms with Crippen molar-refractivity contribution in [3.63, 3.8) is 0 Å². The third-order valence-electron chi connectivity index (χ3n) is 5.24. The summed E-state index contributed by atoms with van der Waals surface area (Å²) in [5.41, 5.74) is 1.05. The summed E-state index contributed by atoms with van der Waals surface area (Å²) < 4.78 is 24.5. The maximum Gasteiger partial charge on any atom is 0.310 e. The number of rotatable bonds is 5. The molecule has 8 nitrogen and oxygen atoms in total. The van der Waals surface area contributed by atoms with Crippen molar-refractivity contribution in [2.24, 2.45) is 0 Å². The predicted molar refractivity (Wildman–Crippen MR) is 110 cm³/mol. The summed E-state index contributed by atoms with van der Waals surface area (Å²) in [6, 6.07) is 13.4. The number of piperazine rings is 1. The summed E-state index contributed by atoms with van der Waals surface area (Å²) in [4.78, 5) is 40.1. The highest BCUT2D eigenvalue weighted by Gasteiger charge is 2.31. The van der Waals surface area contributed by atoms with Crippen LogP contribution in [-0.4, -0.2) is 61.6 Å². The topological polar surface area (TPSA) is 88.2 Å². The average Bonchev–Trinajstić information content (AvgIpc) is 2.78. The van der Waals surface area contributed by atoms with Gasteiger partial charge in [-0.05, 0) is 24.3 Å². The fourth-order valence-electron chi connectivity index (χ4n) is 3.58. The minimum Gasteiger partial charge on any atom is -0.478 e. The van der Waals surface area contributed by atoms with E-state index in [9.17, 15) is 18.8 Å². The number of hydrogen-bond donors (Lipinski definition) is 1. The van der Waals surface area contributed by atoms with E-state index in [0.29, 0.717) is 43.3 Å². The number of esters is 1. The number of carbonyl (C=O) groups is 3. The molecule has 1 atom stereocenters. The molecule has 9 heteroatoms. The summed E-state index contributed by atoms with van der Waals surface area (Å²) in [6.45, 7) is 1.35. The summed E-state index contributed by atoms with van der Waals surface area (Å²) >= 11 is 0. The normalized spacial score (nSPS) is 18.0. The molecular formula is C22H22FN3O5. The van der Waals surface area contributed by atoms with Gasteiger partial charge in [-0.15, -0.1) is 0 Å². The van der Waals surface area contributed by atoms with Crippen LogP contribution in [0, 0.1) is 5.82 Å². The Morgan fingerprint density at radius 2 is 1.77 bits per heavy atom. The molecule has 2 aromatic carbocycles. The zero-order valence-electron chi connectivity index (χ0n) is 16.8. The van der Waals surface area contributed by atoms with E-state index in [1.54, 1.807) is 47.4 Å². The van der Waals surface area contributed by atoms with Crippen LogP contribution < -0.4 is 15.0 Å². The van der Waals surface area contributed by atoms with Gasteiger partial charge in [0.1, 0.15) is 11.6 Å². The highest BCUT2D eigenvalue weighted by atomic mass is 19.1. The van der Waals surface area contributed by atoms with Crippen molar-refractivity contribution < 1.29 is 28.2 Å². The molecule has 2 amide bonds. The number of hydrogen-bond acceptors (Lipinski definition) is 6. The van der Waals surface area contributed by atoms with Crippen LogP contribution in [0.25, 0.3) is 0 Å². The Hall–Kier alpha value is -3.62. The molecule has 162 valence electrons. The van der Waals surface area contributed by atoms with E-state index in [-0.39, 0.29) is 18.1 Å². The number of amides is 2. The molecule has 0 aromatic heterocycles. The maximum absolute atomic E-state index is 13.9. The number of nitrogens with one attached hydrogen (secondary N) is 1. The van der Waals surface area contributed by atoms with Gasteiger partial charge in [-0.3, -0.25) is 14.4 Å². The first-order valence-electron chi connectivity index (χ1n) is 10.0. The third kappa shape index (κ3) is 4.76. The van der Waals surface area contributed by atoms with Gasteiger partial charge in [0.25, 0.3) is 11.8 Å². The lowest BCUT2D eigenvalue weighted by Crippen LogP contribution is -2.50. The SMILES string of the molecule is O=C(CC1Oc2ccccc2NC1=O)OCC(=O)N1CCN(c2ccccc2F)CC1. The second-order valence-electron chi connectivity index (χ2n) is 7.28. The molecule has 1 fully saturated rings. The summed E-state index contributed by atoms with van der Waals surface area (Å²) in [6.07, 6.45) is -1.31. The molecule has 1 unspecified atom stereocenters. The molecule has 0 spiro atoms. The van der Waals surface area contributed by atoms with E-state index in [4.69, 9.17) is 9.47 Å². The molecule has 0 radical (unpaired) electrons. The fraction of sp³-hybridized carbons (Fsp3) is 0.318. The van der Waals surface area contributed by atoms with Crippen LogP contribution in [0.4, 0.5) is 15.8 Å². The van der Waals surface area contributed by atoms with E-state index in [2.05, 4.69) is 5.32 Å². The number of benzene rings is 2. The second kappa shape index (κ2) is 9.03. The largest absolute Gasteiger partial charge is 0.478 e. The van der Waals surface area contributed by atoms with E-state index in [0.717, 1.165) is 0 Å². The Labute approximate surface area is 178 Å². The van der Waals surface area contributed by atoms with Crippen LogP contribution in [0.15, 0.2) is 48.5 Å². The maximum atomic E-state index is 13.9. The van der Waals surface area contributed by atoms with Crippen LogP contribution in [0.2, 0.25) is 0 Å². The van der Waals surface area contributed by atoms with Crippen molar-refractivity contribution in [1.82, 2.24) is 4.90 Å². The van der Waals surface area contributed by atoms with Gasteiger partial charge in [0.15, 0.2) is 12.7 Å². The lowest BCUT2D eigenvalue weighted by Gasteiger charge is -2.36. The Balaban J connectivity index is 1.23. The molecule has 1 saturated heterocycles. The Morgan fingerprint density at radius 3 is 2.55 bits per heavy atom. The van der Waals surface area contributed by atoms with Crippen molar-refractivity contribution in [3.8, 4) is 5.75 Å². The quantitative estimate of drug-likeness (QED) is 0.733. The Bertz CT molecular complexity index is 991. The monoisotopic (exact) mass is 427 g/mol. The van der Waals surface area contributed by atoms with Crippen molar-refractivity contribution in [1.29, 1.82) is 0 Å². The van der Waals surface area contributed by atoms with Gasteiger partial charge in [0.2, 0.25) is 0 Å². The number of fused-ring (bicyclic) bond motifs is 1. The van der Waals surface area contributed by atoms with Gasteiger partial charge < -0.3 is 24.6 Å². The van der Waals surface area contributed by atoms with Crippen LogP contribution >= 0.6 is 0 Å². The van der Waals surface area contributed by atoms with Crippen LogP contribution in [0.3, 0.4) is 0 Å². The average molecular weight is 427 g/mol. The lowest BCUT2D eigenvalue weighted by molar-refractivity contribution is -0.154. The van der Waals surface area contributed by atoms with Crippen molar-refractivity contribution >= 4 is 29.2 Å². The standard InChI is InChI=1S/C22H22FN3O5/c23-15-5-1-3-7-17(15)25-9-11-26(12-10-25)20(27)14-30-21(28)13-19-22(29)24-16-6-2-4-8-18(16)31-19/h1-8,19H,9-14H2,(H,24,29). The molecule has 1 N–H and O–H groups in total. The van der Waals surface area contributed by atoms with Gasteiger partial charge in [0, 0.05) is 26.2 Å². The molecule has 0 aliphatic carbocycles. The molecule has 0 saturated carbocycles. The number of anilines is 2. The molecule has 2 aliphatic heterocycles. The van der Waals surface area contributed by atoms with Crippen molar-refractivity contribution in [2.75, 3.05) is 43.0 Å². The van der Waals surface area contributed by atoms with Crippen molar-refractivity contribution in [2.45, 2.75) is 12.5 Å². The first kappa shape index (κ1) is 20.6. The summed E-state index contributed by atoms with van der Waals surface area (Å²) in [5.74, 6) is -1.29. The van der Waals surface area contributed by atoms with Crippen molar-refractivity contribution in [3.05, 3.63) is 54.3 Å². The zero-order valence-corrected chi connectivity index (χ0v) is 16.8. The molecule has 2 aromatic rings. The van der Waals surface area contributed by atoms with Crippen LogP contribution in [0.1, 0.15) is 6.42 Å². The van der Waals surface area contributed by atoms with Gasteiger partial charge in [-0.1, -0.05) is 24.3 Å². The minimum atomic E-state index is -1.01. The van der Waals surface area contributed by atoms with E-state index >= 15 is 0 Å².